The van der Waals surface area contributed by atoms with Crippen LogP contribution in [0.1, 0.15) is 45.7 Å². The van der Waals surface area contributed by atoms with E-state index in [1.807, 2.05) is 60.9 Å². The second-order valence-electron chi connectivity index (χ2n) is 8.62. The predicted octanol–water partition coefficient (Wildman–Crippen LogP) is 5.32. The van der Waals surface area contributed by atoms with Crippen molar-refractivity contribution in [3.05, 3.63) is 52.8 Å². The Kier molecular flexibility index (Phi) is 9.31. The molecule has 0 radical (unpaired) electrons. The molecule has 1 amide bonds. The minimum absolute atomic E-state index is 0.0858. The first kappa shape index (κ1) is 26.3. The van der Waals surface area contributed by atoms with Crippen molar-refractivity contribution in [1.29, 1.82) is 0 Å². The van der Waals surface area contributed by atoms with Crippen molar-refractivity contribution in [2.45, 2.75) is 46.7 Å². The van der Waals surface area contributed by atoms with Crippen LogP contribution in [0.5, 0.6) is 17.2 Å². The Hall–Kier alpha value is -3.33. The fraction of sp³-hybridized carbons (Fsp3) is 0.423. The van der Waals surface area contributed by atoms with Crippen molar-refractivity contribution in [2.75, 3.05) is 20.3 Å². The van der Waals surface area contributed by atoms with Crippen LogP contribution in [0.3, 0.4) is 0 Å². The number of nitrogens with one attached hydrogen (secondary N) is 2. The first-order valence-electron chi connectivity index (χ1n) is 11.8. The number of rotatable bonds is 12. The van der Waals surface area contributed by atoms with Crippen LogP contribution in [-0.2, 0) is 11.3 Å². The molecule has 3 rings (SSSR count). The molecule has 0 aliphatic rings. The van der Waals surface area contributed by atoms with Crippen LogP contribution in [0.15, 0.2) is 42.5 Å². The molecule has 35 heavy (non-hydrogen) atoms. The number of ether oxygens (including phenoxy) is 3. The fourth-order valence-corrected chi connectivity index (χ4v) is 3.78. The molecule has 1 heterocycles. The van der Waals surface area contributed by atoms with Gasteiger partial charge < -0.3 is 19.5 Å². The Morgan fingerprint density at radius 1 is 1.11 bits per heavy atom. The Balaban J connectivity index is 1.63. The normalized spacial score (nSPS) is 11.8. The third kappa shape index (κ3) is 7.08. The maximum Gasteiger partial charge on any atom is 0.222 e. The number of nitrogens with zero attached hydrogens (tertiary/aromatic N) is 2. The quantitative estimate of drug-likeness (QED) is 0.329. The van der Waals surface area contributed by atoms with E-state index < -0.39 is 0 Å². The van der Waals surface area contributed by atoms with E-state index >= 15 is 0 Å². The number of aromatic amines is 1. The van der Waals surface area contributed by atoms with Crippen LogP contribution >= 0.6 is 12.2 Å². The highest BCUT2D eigenvalue weighted by Gasteiger charge is 2.15. The standard InChI is InChI=1S/C26H34N4O4S/c1-6-33-21-10-7-19(8-11-21)25-28-29-26(35)30(25)14-13-24(31)27-18(4)20-9-12-22(23(15-20)32-5)34-16-17(2)3/h7-12,15,17-18H,6,13-14,16H2,1-5H3,(H,27,31)(H,29,35). The van der Waals surface area contributed by atoms with Crippen molar-refractivity contribution in [3.63, 3.8) is 0 Å². The van der Waals surface area contributed by atoms with Crippen LogP contribution in [0.2, 0.25) is 0 Å². The summed E-state index contributed by atoms with van der Waals surface area (Å²) in [4.78, 5) is 12.7. The first-order chi connectivity index (χ1) is 16.8. The number of aromatic nitrogens is 3. The van der Waals surface area contributed by atoms with Gasteiger partial charge in [-0.25, -0.2) is 0 Å². The smallest absolute Gasteiger partial charge is 0.222 e. The molecule has 0 aliphatic heterocycles. The Bertz CT molecular complexity index is 1170. The minimum atomic E-state index is -0.196. The number of amides is 1. The number of H-pyrrole nitrogens is 1. The number of benzene rings is 2. The molecule has 0 aliphatic carbocycles. The molecule has 2 N–H and O–H groups in total. The van der Waals surface area contributed by atoms with Gasteiger partial charge in [-0.3, -0.25) is 14.5 Å². The number of carbonyl (C=O) groups excluding carboxylic acids is 1. The topological polar surface area (TPSA) is 90.4 Å². The highest BCUT2D eigenvalue weighted by atomic mass is 32.1. The van der Waals surface area contributed by atoms with Gasteiger partial charge in [-0.1, -0.05) is 19.9 Å². The Morgan fingerprint density at radius 3 is 2.51 bits per heavy atom. The first-order valence-corrected chi connectivity index (χ1v) is 12.2. The van der Waals surface area contributed by atoms with Crippen molar-refractivity contribution in [3.8, 4) is 28.6 Å². The van der Waals surface area contributed by atoms with Crippen LogP contribution in [0.4, 0.5) is 0 Å². The molecule has 188 valence electrons. The summed E-state index contributed by atoms with van der Waals surface area (Å²) in [5.41, 5.74) is 1.82. The van der Waals surface area contributed by atoms with Gasteiger partial charge in [-0.2, -0.15) is 5.10 Å². The van der Waals surface area contributed by atoms with Gasteiger partial charge in [-0.15, -0.1) is 0 Å². The molecule has 1 aromatic heterocycles. The molecule has 9 heteroatoms. The lowest BCUT2D eigenvalue weighted by molar-refractivity contribution is -0.121. The largest absolute Gasteiger partial charge is 0.494 e. The fourth-order valence-electron chi connectivity index (χ4n) is 3.55. The summed E-state index contributed by atoms with van der Waals surface area (Å²) in [6.45, 7) is 9.69. The molecule has 0 saturated carbocycles. The van der Waals surface area contributed by atoms with Gasteiger partial charge in [0.05, 0.1) is 26.4 Å². The lowest BCUT2D eigenvalue weighted by Crippen LogP contribution is -2.27. The van der Waals surface area contributed by atoms with E-state index in [4.69, 9.17) is 26.4 Å². The van der Waals surface area contributed by atoms with Crippen molar-refractivity contribution in [2.24, 2.45) is 5.92 Å². The zero-order valence-electron chi connectivity index (χ0n) is 21.0. The van der Waals surface area contributed by atoms with E-state index in [1.54, 1.807) is 7.11 Å². The van der Waals surface area contributed by atoms with Gasteiger partial charge in [0.15, 0.2) is 22.1 Å². The molecule has 8 nitrogen and oxygen atoms in total. The molecule has 1 unspecified atom stereocenters. The monoisotopic (exact) mass is 498 g/mol. The number of carbonyl (C=O) groups is 1. The van der Waals surface area contributed by atoms with Crippen LogP contribution in [-0.4, -0.2) is 41.0 Å². The molecule has 1 atom stereocenters. The summed E-state index contributed by atoms with van der Waals surface area (Å²) in [7, 11) is 1.61. The zero-order chi connectivity index (χ0) is 25.4. The van der Waals surface area contributed by atoms with Crippen LogP contribution in [0.25, 0.3) is 11.4 Å². The number of hydrogen-bond donors (Lipinski definition) is 2. The van der Waals surface area contributed by atoms with Crippen LogP contribution < -0.4 is 19.5 Å². The van der Waals surface area contributed by atoms with E-state index in [9.17, 15) is 4.79 Å². The van der Waals surface area contributed by atoms with Crippen molar-refractivity contribution in [1.82, 2.24) is 20.1 Å². The second kappa shape index (κ2) is 12.4. The van der Waals surface area contributed by atoms with Gasteiger partial charge >= 0.3 is 0 Å². The summed E-state index contributed by atoms with van der Waals surface area (Å²) >= 11 is 5.40. The molecule has 0 bridgehead atoms. The highest BCUT2D eigenvalue weighted by molar-refractivity contribution is 7.71. The molecular weight excluding hydrogens is 464 g/mol. The summed E-state index contributed by atoms with van der Waals surface area (Å²) in [5, 5.41) is 10.2. The van der Waals surface area contributed by atoms with Gasteiger partial charge in [0.25, 0.3) is 0 Å². The highest BCUT2D eigenvalue weighted by Crippen LogP contribution is 2.30. The summed E-state index contributed by atoms with van der Waals surface area (Å²) < 4.78 is 19.1. The SMILES string of the molecule is CCOc1ccc(-c2n[nH]c(=S)n2CCC(=O)NC(C)c2ccc(OCC(C)C)c(OC)c2)cc1. The van der Waals surface area contributed by atoms with Crippen LogP contribution in [0, 0.1) is 10.7 Å². The summed E-state index contributed by atoms with van der Waals surface area (Å²) in [5.74, 6) is 3.14. The lowest BCUT2D eigenvalue weighted by Gasteiger charge is -2.18. The van der Waals surface area contributed by atoms with Crippen molar-refractivity contribution < 1.29 is 19.0 Å². The van der Waals surface area contributed by atoms with E-state index in [2.05, 4.69) is 29.4 Å². The molecule has 0 spiro atoms. The average molecular weight is 499 g/mol. The summed E-state index contributed by atoms with van der Waals surface area (Å²) in [6, 6.07) is 13.2. The molecular formula is C26H34N4O4S. The molecule has 0 saturated heterocycles. The summed E-state index contributed by atoms with van der Waals surface area (Å²) in [6.07, 6.45) is 0.259. The van der Waals surface area contributed by atoms with E-state index in [0.717, 1.165) is 16.9 Å². The molecule has 3 aromatic rings. The van der Waals surface area contributed by atoms with Gasteiger partial charge in [0, 0.05) is 18.5 Å². The number of hydrogen-bond acceptors (Lipinski definition) is 6. The maximum atomic E-state index is 12.7. The van der Waals surface area contributed by atoms with Gasteiger partial charge in [0.2, 0.25) is 5.91 Å². The maximum absolute atomic E-state index is 12.7. The average Bonchev–Trinajstić information content (AvgIpc) is 3.22. The van der Waals surface area contributed by atoms with E-state index in [0.29, 0.717) is 47.8 Å². The molecule has 0 fully saturated rings. The lowest BCUT2D eigenvalue weighted by atomic mass is 10.1. The number of methoxy groups -OCH3 is 1. The van der Waals surface area contributed by atoms with E-state index in [1.165, 1.54) is 0 Å². The molecule has 2 aromatic carbocycles. The predicted molar refractivity (Wildman–Crippen MR) is 139 cm³/mol. The zero-order valence-corrected chi connectivity index (χ0v) is 21.8. The third-order valence-corrected chi connectivity index (χ3v) is 5.69. The second-order valence-corrected chi connectivity index (χ2v) is 9.00. The van der Waals surface area contributed by atoms with Crippen molar-refractivity contribution >= 4 is 18.1 Å². The Labute approximate surface area is 211 Å². The minimum Gasteiger partial charge on any atom is -0.494 e. The Morgan fingerprint density at radius 2 is 1.86 bits per heavy atom. The van der Waals surface area contributed by atoms with Gasteiger partial charge in [-0.05, 0) is 73.9 Å². The van der Waals surface area contributed by atoms with Gasteiger partial charge in [0.1, 0.15) is 5.75 Å². The van der Waals surface area contributed by atoms with E-state index in [-0.39, 0.29) is 18.4 Å². The third-order valence-electron chi connectivity index (χ3n) is 5.38.